The van der Waals surface area contributed by atoms with E-state index in [1.807, 2.05) is 10.8 Å². The largest absolute Gasteiger partial charge is 0.327 e. The van der Waals surface area contributed by atoms with E-state index in [0.717, 1.165) is 41.9 Å². The first-order valence-electron chi connectivity index (χ1n) is 7.10. The quantitative estimate of drug-likeness (QED) is 0.864. The van der Waals surface area contributed by atoms with Gasteiger partial charge in [-0.25, -0.2) is 0 Å². The minimum atomic E-state index is 0.213. The lowest BCUT2D eigenvalue weighted by Gasteiger charge is -2.25. The molecule has 0 bridgehead atoms. The maximum Gasteiger partial charge on any atom is 0.196 e. The van der Waals surface area contributed by atoms with Crippen molar-refractivity contribution >= 4 is 40.6 Å². The van der Waals surface area contributed by atoms with Crippen molar-refractivity contribution in [2.45, 2.75) is 6.92 Å². The first kappa shape index (κ1) is 14.4. The van der Waals surface area contributed by atoms with Crippen molar-refractivity contribution in [2.24, 2.45) is 0 Å². The highest BCUT2D eigenvalue weighted by molar-refractivity contribution is 7.08. The summed E-state index contributed by atoms with van der Waals surface area (Å²) in [5.41, 5.74) is 4.13. The van der Waals surface area contributed by atoms with Gasteiger partial charge in [0.05, 0.1) is 17.7 Å². The molecule has 1 aliphatic rings. The molecule has 0 amide bonds. The number of thiophene rings is 2. The molecule has 0 radical (unpaired) electrons. The summed E-state index contributed by atoms with van der Waals surface area (Å²) in [7, 11) is 0. The summed E-state index contributed by atoms with van der Waals surface area (Å²) in [5, 5.41) is 8.27. The minimum absolute atomic E-state index is 0.213. The number of carbonyl (C=O) groups excluding carboxylic acids is 1. The molecule has 0 unspecified atom stereocenters. The molecule has 21 heavy (non-hydrogen) atoms. The second-order valence-electron chi connectivity index (χ2n) is 5.24. The normalized spacial score (nSPS) is 23.1. The lowest BCUT2D eigenvalue weighted by Crippen LogP contribution is -3.13. The van der Waals surface area contributed by atoms with Crippen LogP contribution in [0.5, 0.6) is 0 Å². The lowest BCUT2D eigenvalue weighted by molar-refractivity contribution is -0.889. The molecule has 1 aliphatic heterocycles. The van der Waals surface area contributed by atoms with E-state index in [1.54, 1.807) is 22.7 Å². The van der Waals surface area contributed by atoms with E-state index >= 15 is 0 Å². The van der Waals surface area contributed by atoms with E-state index in [9.17, 15) is 4.79 Å². The number of piperidine rings is 1. The molecule has 0 saturated carbocycles. The number of quaternary nitrogens is 1. The number of Topliss-reactive ketones (excluding diaryl/α,β-unsaturated/α-hetero) is 1. The van der Waals surface area contributed by atoms with Gasteiger partial charge in [0.2, 0.25) is 0 Å². The van der Waals surface area contributed by atoms with Gasteiger partial charge in [-0.3, -0.25) is 4.79 Å². The van der Waals surface area contributed by atoms with Crippen LogP contribution in [0.1, 0.15) is 18.1 Å². The topological polar surface area (TPSA) is 21.5 Å². The molecule has 1 fully saturated rings. The number of carbonyl (C=O) groups is 1. The van der Waals surface area contributed by atoms with Crippen LogP contribution in [0.2, 0.25) is 0 Å². The summed E-state index contributed by atoms with van der Waals surface area (Å²) in [5.74, 6) is 0.213. The Morgan fingerprint density at radius 1 is 1.05 bits per heavy atom. The highest BCUT2D eigenvalue weighted by atomic mass is 32.1. The molecule has 2 aromatic heterocycles. The van der Waals surface area contributed by atoms with Gasteiger partial charge in [0.1, 0.15) is 13.1 Å². The van der Waals surface area contributed by atoms with E-state index in [1.165, 1.54) is 4.90 Å². The standard InChI is InChI=1S/C17H17NOS2/c1-2-18-9-15(7-13-3-5-20-11-13)17(19)16(10-18)8-14-4-6-21-12-14/h3-8,11-12H,2,9-10H2,1H3/p+1. The van der Waals surface area contributed by atoms with E-state index in [-0.39, 0.29) is 5.78 Å². The fourth-order valence-electron chi connectivity index (χ4n) is 2.57. The summed E-state index contributed by atoms with van der Waals surface area (Å²) < 4.78 is 0. The van der Waals surface area contributed by atoms with Crippen LogP contribution in [-0.4, -0.2) is 25.4 Å². The zero-order chi connectivity index (χ0) is 14.7. The molecule has 3 rings (SSSR count). The van der Waals surface area contributed by atoms with E-state index in [0.29, 0.717) is 0 Å². The van der Waals surface area contributed by atoms with Crippen LogP contribution in [-0.2, 0) is 4.79 Å². The van der Waals surface area contributed by atoms with Crippen LogP contribution in [0, 0.1) is 0 Å². The predicted octanol–water partition coefficient (Wildman–Crippen LogP) is 2.76. The van der Waals surface area contributed by atoms with Gasteiger partial charge in [-0.15, -0.1) is 0 Å². The Bertz CT molecular complexity index is 609. The molecule has 1 N–H and O–H groups in total. The predicted molar refractivity (Wildman–Crippen MR) is 90.8 cm³/mol. The summed E-state index contributed by atoms with van der Waals surface area (Å²) >= 11 is 3.33. The summed E-state index contributed by atoms with van der Waals surface area (Å²) in [6.45, 7) is 4.86. The fraction of sp³-hybridized carbons (Fsp3) is 0.235. The van der Waals surface area contributed by atoms with Crippen LogP contribution < -0.4 is 4.90 Å². The summed E-state index contributed by atoms with van der Waals surface area (Å²) in [6, 6.07) is 4.13. The smallest absolute Gasteiger partial charge is 0.196 e. The zero-order valence-electron chi connectivity index (χ0n) is 12.0. The molecule has 2 nitrogen and oxygen atoms in total. The molecule has 0 aromatic carbocycles. The Hall–Kier alpha value is -1.49. The maximum atomic E-state index is 12.7. The van der Waals surface area contributed by atoms with Crippen LogP contribution >= 0.6 is 22.7 Å². The highest BCUT2D eigenvalue weighted by Gasteiger charge is 2.28. The first-order chi connectivity index (χ1) is 10.3. The van der Waals surface area contributed by atoms with Gasteiger partial charge in [0.25, 0.3) is 0 Å². The maximum absolute atomic E-state index is 12.7. The zero-order valence-corrected chi connectivity index (χ0v) is 13.6. The Labute approximate surface area is 133 Å². The molecular formula is C17H18NOS2+. The monoisotopic (exact) mass is 316 g/mol. The van der Waals surface area contributed by atoms with Gasteiger partial charge in [0, 0.05) is 0 Å². The van der Waals surface area contributed by atoms with Crippen LogP contribution in [0.3, 0.4) is 0 Å². The molecule has 0 aliphatic carbocycles. The SMILES string of the molecule is CC[NH+]1CC(=Cc2ccsc2)C(=O)C(=Cc2ccsc2)C1. The molecule has 2 aromatic rings. The van der Waals surface area contributed by atoms with Gasteiger partial charge in [0.15, 0.2) is 5.78 Å². The number of hydrogen-bond acceptors (Lipinski definition) is 3. The number of ketones is 1. The van der Waals surface area contributed by atoms with Gasteiger partial charge < -0.3 is 4.90 Å². The van der Waals surface area contributed by atoms with E-state index < -0.39 is 0 Å². The Morgan fingerprint density at radius 2 is 1.57 bits per heavy atom. The Morgan fingerprint density at radius 3 is 1.95 bits per heavy atom. The summed E-state index contributed by atoms with van der Waals surface area (Å²) in [6.07, 6.45) is 4.10. The Kier molecular flexibility index (Phi) is 4.48. The molecule has 0 spiro atoms. The number of likely N-dealkylation sites (tertiary alicyclic amines) is 1. The third-order valence-electron chi connectivity index (χ3n) is 3.73. The average molecular weight is 316 g/mol. The number of nitrogens with one attached hydrogen (secondary N) is 1. The van der Waals surface area contributed by atoms with Gasteiger partial charge in [-0.2, -0.15) is 22.7 Å². The van der Waals surface area contributed by atoms with Crippen molar-refractivity contribution in [3.8, 4) is 0 Å². The number of rotatable bonds is 3. The third kappa shape index (κ3) is 3.40. The fourth-order valence-corrected chi connectivity index (χ4v) is 3.80. The molecule has 0 atom stereocenters. The van der Waals surface area contributed by atoms with Crippen molar-refractivity contribution in [1.82, 2.24) is 0 Å². The second kappa shape index (κ2) is 6.52. The highest BCUT2D eigenvalue weighted by Crippen LogP contribution is 2.18. The molecule has 108 valence electrons. The van der Waals surface area contributed by atoms with Crippen molar-refractivity contribution in [1.29, 1.82) is 0 Å². The first-order valence-corrected chi connectivity index (χ1v) is 8.98. The molecule has 3 heterocycles. The van der Waals surface area contributed by atoms with Crippen LogP contribution in [0.15, 0.2) is 44.8 Å². The number of likely N-dealkylation sites (N-methyl/N-ethyl adjacent to an activating group) is 1. The van der Waals surface area contributed by atoms with Crippen molar-refractivity contribution in [2.75, 3.05) is 19.6 Å². The van der Waals surface area contributed by atoms with E-state index in [2.05, 4.69) is 42.0 Å². The Balaban J connectivity index is 1.93. The lowest BCUT2D eigenvalue weighted by atomic mass is 9.95. The van der Waals surface area contributed by atoms with Gasteiger partial charge in [-0.05, 0) is 63.9 Å². The van der Waals surface area contributed by atoms with Crippen LogP contribution in [0.4, 0.5) is 0 Å². The summed E-state index contributed by atoms with van der Waals surface area (Å²) in [4.78, 5) is 14.1. The van der Waals surface area contributed by atoms with Crippen molar-refractivity contribution in [3.63, 3.8) is 0 Å². The van der Waals surface area contributed by atoms with Gasteiger partial charge >= 0.3 is 0 Å². The second-order valence-corrected chi connectivity index (χ2v) is 6.80. The van der Waals surface area contributed by atoms with E-state index in [4.69, 9.17) is 0 Å². The van der Waals surface area contributed by atoms with Crippen molar-refractivity contribution < 1.29 is 9.69 Å². The van der Waals surface area contributed by atoms with Gasteiger partial charge in [-0.1, -0.05) is 0 Å². The molecule has 4 heteroatoms. The molecule has 1 saturated heterocycles. The van der Waals surface area contributed by atoms with Crippen LogP contribution in [0.25, 0.3) is 12.2 Å². The van der Waals surface area contributed by atoms with Crippen molar-refractivity contribution in [3.05, 3.63) is 55.9 Å². The average Bonchev–Trinajstić information content (AvgIpc) is 3.16. The minimum Gasteiger partial charge on any atom is -0.327 e. The number of hydrogen-bond donors (Lipinski definition) is 1. The molecular weight excluding hydrogens is 298 g/mol. The third-order valence-corrected chi connectivity index (χ3v) is 5.14.